The molecule has 2 amide bonds. The molecule has 0 bridgehead atoms. The molecular weight excluding hydrogens is 520 g/mol. The number of rotatable bonds is 8. The lowest BCUT2D eigenvalue weighted by atomic mass is 9.66. The average molecular weight is 558 g/mol. The topological polar surface area (TPSA) is 106 Å². The highest BCUT2D eigenvalue weighted by atomic mass is 79.9. The van der Waals surface area contributed by atoms with Gasteiger partial charge in [-0.15, -0.1) is 0 Å². The van der Waals surface area contributed by atoms with Gasteiger partial charge in [-0.05, 0) is 51.4 Å². The molecule has 194 valence electrons. The van der Waals surface area contributed by atoms with Crippen molar-refractivity contribution in [1.29, 1.82) is 0 Å². The number of ether oxygens (including phenoxy) is 1. The lowest BCUT2D eigenvalue weighted by molar-refractivity contribution is -0.121. The van der Waals surface area contributed by atoms with Crippen LogP contribution >= 0.6 is 15.9 Å². The zero-order valence-corrected chi connectivity index (χ0v) is 22.3. The van der Waals surface area contributed by atoms with E-state index in [1.165, 1.54) is 38.5 Å². The van der Waals surface area contributed by atoms with Gasteiger partial charge in [0.15, 0.2) is 5.82 Å². The number of carbonyl (C=O) groups excluding carboxylic acids is 2. The highest BCUT2D eigenvalue weighted by Crippen LogP contribution is 2.42. The third-order valence-corrected chi connectivity index (χ3v) is 8.12. The average Bonchev–Trinajstić information content (AvgIpc) is 2.91. The maximum absolute atomic E-state index is 13.8. The van der Waals surface area contributed by atoms with Gasteiger partial charge in [0, 0.05) is 0 Å². The van der Waals surface area contributed by atoms with Crippen LogP contribution in [0.2, 0.25) is 0 Å². The molecule has 4 rings (SSSR count). The molecule has 36 heavy (non-hydrogen) atoms. The summed E-state index contributed by atoms with van der Waals surface area (Å²) in [6, 6.07) is 12.3. The first-order chi connectivity index (χ1) is 17.5. The number of amides is 2. The normalized spacial score (nSPS) is 17.9. The first-order valence-corrected chi connectivity index (χ1v) is 14.0. The summed E-state index contributed by atoms with van der Waals surface area (Å²) in [6.07, 6.45) is 10.9. The second kappa shape index (κ2) is 13.1. The van der Waals surface area contributed by atoms with Crippen molar-refractivity contribution in [1.82, 2.24) is 10.3 Å². The molecular formula is C28H37BrN4O3. The Bertz CT molecular complexity index is 989. The van der Waals surface area contributed by atoms with Crippen molar-refractivity contribution in [2.24, 2.45) is 17.8 Å². The second-order valence-electron chi connectivity index (χ2n) is 10.1. The summed E-state index contributed by atoms with van der Waals surface area (Å²) >= 11 is 3.35. The Hall–Kier alpha value is -2.61. The maximum atomic E-state index is 13.8. The van der Waals surface area contributed by atoms with Crippen LogP contribution in [-0.4, -0.2) is 23.0 Å². The molecule has 0 spiro atoms. The standard InChI is InChI=1S/C28H37BrN4O3/c29-23-17-16-22(30)26(31-23)33-27(34)25(32-28(35)36-18-19-10-4-1-5-11-19)24(20-12-6-2-7-13-20)21-14-8-3-9-15-21/h1,4-5,10-11,16-17,20-21,24-25H,2-3,6-9,12-15,18,30H2,(H,32,35)(H,31,33,34). The van der Waals surface area contributed by atoms with E-state index < -0.39 is 12.1 Å². The van der Waals surface area contributed by atoms with Crippen molar-refractivity contribution in [3.63, 3.8) is 0 Å². The van der Waals surface area contributed by atoms with E-state index in [0.717, 1.165) is 31.2 Å². The first kappa shape index (κ1) is 26.5. The van der Waals surface area contributed by atoms with Crippen molar-refractivity contribution in [2.45, 2.75) is 76.9 Å². The Morgan fingerprint density at radius 3 is 2.17 bits per heavy atom. The first-order valence-electron chi connectivity index (χ1n) is 13.2. The Kier molecular flexibility index (Phi) is 9.61. The van der Waals surface area contributed by atoms with Gasteiger partial charge in [-0.1, -0.05) is 94.5 Å². The molecule has 0 radical (unpaired) electrons. The number of hydrogen-bond acceptors (Lipinski definition) is 5. The van der Waals surface area contributed by atoms with Crippen LogP contribution in [0, 0.1) is 17.8 Å². The van der Waals surface area contributed by atoms with Crippen LogP contribution in [0.1, 0.15) is 69.8 Å². The molecule has 4 N–H and O–H groups in total. The fourth-order valence-corrected chi connectivity index (χ4v) is 6.25. The lowest BCUT2D eigenvalue weighted by Gasteiger charge is -2.41. The van der Waals surface area contributed by atoms with Crippen molar-refractivity contribution < 1.29 is 14.3 Å². The number of nitrogen functional groups attached to an aromatic ring is 1. The van der Waals surface area contributed by atoms with Gasteiger partial charge in [-0.25, -0.2) is 9.78 Å². The molecule has 1 aromatic heterocycles. The molecule has 8 heteroatoms. The minimum Gasteiger partial charge on any atom is -0.445 e. The summed E-state index contributed by atoms with van der Waals surface area (Å²) in [5.41, 5.74) is 7.38. The van der Waals surface area contributed by atoms with Gasteiger partial charge in [0.05, 0.1) is 5.69 Å². The summed E-state index contributed by atoms with van der Waals surface area (Å²) < 4.78 is 6.13. The zero-order chi connectivity index (χ0) is 25.3. The molecule has 1 heterocycles. The Morgan fingerprint density at radius 1 is 0.944 bits per heavy atom. The van der Waals surface area contributed by atoms with E-state index in [0.29, 0.717) is 27.9 Å². The van der Waals surface area contributed by atoms with Crippen LogP contribution in [0.25, 0.3) is 0 Å². The number of pyridine rings is 1. The third-order valence-electron chi connectivity index (χ3n) is 7.68. The monoisotopic (exact) mass is 556 g/mol. The van der Waals surface area contributed by atoms with Crippen LogP contribution in [-0.2, 0) is 16.1 Å². The Labute approximate surface area is 222 Å². The van der Waals surface area contributed by atoms with Gasteiger partial charge in [-0.2, -0.15) is 0 Å². The predicted molar refractivity (Wildman–Crippen MR) is 145 cm³/mol. The van der Waals surface area contributed by atoms with Gasteiger partial charge < -0.3 is 21.1 Å². The predicted octanol–water partition coefficient (Wildman–Crippen LogP) is 6.44. The number of hydrogen-bond donors (Lipinski definition) is 3. The molecule has 1 atom stereocenters. The lowest BCUT2D eigenvalue weighted by Crippen LogP contribution is -2.53. The van der Waals surface area contributed by atoms with E-state index in [1.54, 1.807) is 12.1 Å². The molecule has 2 aliphatic carbocycles. The van der Waals surface area contributed by atoms with E-state index >= 15 is 0 Å². The van der Waals surface area contributed by atoms with Crippen LogP contribution in [0.4, 0.5) is 16.3 Å². The molecule has 1 aromatic carbocycles. The van der Waals surface area contributed by atoms with E-state index in [9.17, 15) is 9.59 Å². The third kappa shape index (κ3) is 7.21. The van der Waals surface area contributed by atoms with Gasteiger partial charge in [0.1, 0.15) is 17.3 Å². The van der Waals surface area contributed by atoms with E-state index in [1.807, 2.05) is 30.3 Å². The molecule has 7 nitrogen and oxygen atoms in total. The molecule has 0 saturated heterocycles. The highest BCUT2D eigenvalue weighted by Gasteiger charge is 2.41. The molecule has 1 unspecified atom stereocenters. The van der Waals surface area contributed by atoms with Crippen LogP contribution < -0.4 is 16.4 Å². The number of nitrogens with two attached hydrogens (primary N) is 1. The van der Waals surface area contributed by atoms with Crippen molar-refractivity contribution >= 4 is 39.4 Å². The second-order valence-corrected chi connectivity index (χ2v) is 10.9. The zero-order valence-electron chi connectivity index (χ0n) is 20.8. The van der Waals surface area contributed by atoms with Gasteiger partial charge >= 0.3 is 6.09 Å². The number of halogens is 1. The van der Waals surface area contributed by atoms with E-state index in [-0.39, 0.29) is 18.4 Å². The SMILES string of the molecule is Nc1ccc(Br)nc1NC(=O)C(NC(=O)OCc1ccccc1)C(C1CCCCC1)C1CCCCC1. The van der Waals surface area contributed by atoms with E-state index in [4.69, 9.17) is 10.5 Å². The van der Waals surface area contributed by atoms with Gasteiger partial charge in [-0.3, -0.25) is 4.79 Å². The Morgan fingerprint density at radius 2 is 1.56 bits per heavy atom. The summed E-state index contributed by atoms with van der Waals surface area (Å²) in [5, 5.41) is 5.90. The van der Waals surface area contributed by atoms with Crippen molar-refractivity contribution in [2.75, 3.05) is 11.1 Å². The van der Waals surface area contributed by atoms with E-state index in [2.05, 4.69) is 31.5 Å². The number of nitrogens with zero attached hydrogens (tertiary/aromatic N) is 1. The summed E-state index contributed by atoms with van der Waals surface area (Å²) in [5.74, 6) is 0.831. The molecule has 2 aliphatic rings. The smallest absolute Gasteiger partial charge is 0.408 e. The highest BCUT2D eigenvalue weighted by molar-refractivity contribution is 9.10. The number of carbonyl (C=O) groups is 2. The van der Waals surface area contributed by atoms with Crippen LogP contribution in [0.15, 0.2) is 47.1 Å². The van der Waals surface area contributed by atoms with Crippen molar-refractivity contribution in [3.8, 4) is 0 Å². The summed E-state index contributed by atoms with van der Waals surface area (Å²) in [6.45, 7) is 0.151. The molecule has 0 aliphatic heterocycles. The minimum atomic E-state index is -0.723. The minimum absolute atomic E-state index is 0.0447. The number of benzene rings is 1. The number of anilines is 2. The van der Waals surface area contributed by atoms with Crippen LogP contribution in [0.5, 0.6) is 0 Å². The number of alkyl carbamates (subject to hydrolysis) is 1. The number of aromatic nitrogens is 1. The summed E-state index contributed by atoms with van der Waals surface area (Å²) in [7, 11) is 0. The fourth-order valence-electron chi connectivity index (χ4n) is 5.94. The largest absolute Gasteiger partial charge is 0.445 e. The van der Waals surface area contributed by atoms with Crippen LogP contribution in [0.3, 0.4) is 0 Å². The van der Waals surface area contributed by atoms with Gasteiger partial charge in [0.2, 0.25) is 5.91 Å². The molecule has 2 fully saturated rings. The quantitative estimate of drug-likeness (QED) is 0.324. The molecule has 2 saturated carbocycles. The molecule has 2 aromatic rings. The number of nitrogens with one attached hydrogen (secondary N) is 2. The Balaban J connectivity index is 1.58. The fraction of sp³-hybridized carbons (Fsp3) is 0.536. The van der Waals surface area contributed by atoms with Gasteiger partial charge in [0.25, 0.3) is 0 Å². The summed E-state index contributed by atoms with van der Waals surface area (Å²) in [4.78, 5) is 31.2. The maximum Gasteiger partial charge on any atom is 0.408 e. The van der Waals surface area contributed by atoms with Crippen molar-refractivity contribution in [3.05, 3.63) is 52.6 Å².